The molecule has 0 bridgehead atoms. The second-order valence-corrected chi connectivity index (χ2v) is 2.64. The lowest BCUT2D eigenvalue weighted by atomic mass is 10.1. The van der Waals surface area contributed by atoms with E-state index in [-0.39, 0.29) is 12.2 Å². The lowest BCUT2D eigenvalue weighted by molar-refractivity contribution is -0.137. The molecule has 0 aliphatic rings. The van der Waals surface area contributed by atoms with E-state index in [1.165, 1.54) is 18.5 Å². The SMILES string of the molecule is NC(CC(=O)O)c1ccncc1O. The monoisotopic (exact) mass is 182 g/mol. The number of rotatable bonds is 3. The zero-order valence-corrected chi connectivity index (χ0v) is 6.84. The summed E-state index contributed by atoms with van der Waals surface area (Å²) in [6.07, 6.45) is 2.48. The van der Waals surface area contributed by atoms with Gasteiger partial charge < -0.3 is 15.9 Å². The third-order valence-electron chi connectivity index (χ3n) is 1.63. The summed E-state index contributed by atoms with van der Waals surface area (Å²) in [5.41, 5.74) is 5.93. The molecule has 1 atom stereocenters. The van der Waals surface area contributed by atoms with Crippen molar-refractivity contribution >= 4 is 5.97 Å². The first-order valence-corrected chi connectivity index (χ1v) is 3.71. The normalized spacial score (nSPS) is 12.4. The molecule has 1 aromatic rings. The van der Waals surface area contributed by atoms with Crippen molar-refractivity contribution in [1.82, 2.24) is 4.98 Å². The smallest absolute Gasteiger partial charge is 0.305 e. The van der Waals surface area contributed by atoms with E-state index >= 15 is 0 Å². The van der Waals surface area contributed by atoms with Crippen LogP contribution in [0.15, 0.2) is 18.5 Å². The molecule has 1 rings (SSSR count). The molecule has 1 heterocycles. The van der Waals surface area contributed by atoms with Crippen LogP contribution in [0.4, 0.5) is 0 Å². The van der Waals surface area contributed by atoms with Crippen LogP contribution >= 0.6 is 0 Å². The maximum atomic E-state index is 10.3. The van der Waals surface area contributed by atoms with Crippen molar-refractivity contribution in [3.05, 3.63) is 24.0 Å². The summed E-state index contributed by atoms with van der Waals surface area (Å²) in [6.45, 7) is 0. The Morgan fingerprint density at radius 1 is 1.69 bits per heavy atom. The number of carboxylic acids is 1. The molecule has 0 spiro atoms. The van der Waals surface area contributed by atoms with E-state index in [0.717, 1.165) is 0 Å². The number of hydrogen-bond acceptors (Lipinski definition) is 4. The molecule has 13 heavy (non-hydrogen) atoms. The van der Waals surface area contributed by atoms with E-state index < -0.39 is 12.0 Å². The Bertz CT molecular complexity index is 314. The Morgan fingerprint density at radius 2 is 2.38 bits per heavy atom. The minimum Gasteiger partial charge on any atom is -0.506 e. The van der Waals surface area contributed by atoms with E-state index in [0.29, 0.717) is 5.56 Å². The Kier molecular flexibility index (Phi) is 2.81. The summed E-state index contributed by atoms with van der Waals surface area (Å²) in [7, 11) is 0. The van der Waals surface area contributed by atoms with Crippen molar-refractivity contribution in [2.75, 3.05) is 0 Å². The summed E-state index contributed by atoms with van der Waals surface area (Å²) in [5.74, 6) is -1.07. The van der Waals surface area contributed by atoms with Crippen LogP contribution in [0.5, 0.6) is 5.75 Å². The molecule has 5 heteroatoms. The van der Waals surface area contributed by atoms with Gasteiger partial charge in [-0.1, -0.05) is 0 Å². The number of carboxylic acid groups (broad SMARTS) is 1. The number of aromatic nitrogens is 1. The van der Waals surface area contributed by atoms with Crippen LogP contribution in [0.2, 0.25) is 0 Å². The molecular formula is C8H10N2O3. The average molecular weight is 182 g/mol. The van der Waals surface area contributed by atoms with Crippen LogP contribution in [0.3, 0.4) is 0 Å². The van der Waals surface area contributed by atoms with E-state index in [4.69, 9.17) is 10.8 Å². The van der Waals surface area contributed by atoms with E-state index in [1.54, 1.807) is 0 Å². The van der Waals surface area contributed by atoms with Crippen LogP contribution in [0.1, 0.15) is 18.0 Å². The zero-order chi connectivity index (χ0) is 9.84. The summed E-state index contributed by atoms with van der Waals surface area (Å²) in [4.78, 5) is 14.0. The minimum atomic E-state index is -0.997. The predicted molar refractivity (Wildman–Crippen MR) is 45.1 cm³/mol. The van der Waals surface area contributed by atoms with Crippen molar-refractivity contribution in [2.24, 2.45) is 5.73 Å². The fourth-order valence-electron chi connectivity index (χ4n) is 1.01. The minimum absolute atomic E-state index is 0.0729. The van der Waals surface area contributed by atoms with E-state index in [9.17, 15) is 9.90 Å². The van der Waals surface area contributed by atoms with Gasteiger partial charge in [-0.25, -0.2) is 0 Å². The number of hydrogen-bond donors (Lipinski definition) is 3. The summed E-state index contributed by atoms with van der Waals surface area (Å²) in [6, 6.07) is 0.809. The highest BCUT2D eigenvalue weighted by molar-refractivity contribution is 5.68. The van der Waals surface area contributed by atoms with Gasteiger partial charge in [0.2, 0.25) is 0 Å². The number of pyridine rings is 1. The van der Waals surface area contributed by atoms with Gasteiger partial charge in [0.25, 0.3) is 0 Å². The van der Waals surface area contributed by atoms with Crippen LogP contribution in [-0.2, 0) is 4.79 Å². The van der Waals surface area contributed by atoms with Crippen molar-refractivity contribution in [3.63, 3.8) is 0 Å². The first kappa shape index (κ1) is 9.47. The van der Waals surface area contributed by atoms with Crippen LogP contribution in [-0.4, -0.2) is 21.2 Å². The largest absolute Gasteiger partial charge is 0.506 e. The molecule has 4 N–H and O–H groups in total. The molecule has 0 fully saturated rings. The molecule has 70 valence electrons. The van der Waals surface area contributed by atoms with Crippen LogP contribution in [0.25, 0.3) is 0 Å². The van der Waals surface area contributed by atoms with Crippen molar-refractivity contribution < 1.29 is 15.0 Å². The van der Waals surface area contributed by atoms with Crippen LogP contribution < -0.4 is 5.73 Å². The third kappa shape index (κ3) is 2.41. The molecule has 0 aromatic carbocycles. The second kappa shape index (κ2) is 3.86. The van der Waals surface area contributed by atoms with Gasteiger partial charge in [0, 0.05) is 17.8 Å². The Morgan fingerprint density at radius 3 is 2.92 bits per heavy atom. The summed E-state index contributed by atoms with van der Waals surface area (Å²) in [5, 5.41) is 17.7. The summed E-state index contributed by atoms with van der Waals surface area (Å²) < 4.78 is 0. The van der Waals surface area contributed by atoms with Gasteiger partial charge in [0.05, 0.1) is 12.6 Å². The molecule has 0 aliphatic carbocycles. The van der Waals surface area contributed by atoms with Gasteiger partial charge in [-0.3, -0.25) is 9.78 Å². The van der Waals surface area contributed by atoms with Gasteiger partial charge in [0.1, 0.15) is 5.75 Å². The van der Waals surface area contributed by atoms with E-state index in [2.05, 4.69) is 4.98 Å². The number of aromatic hydroxyl groups is 1. The number of aliphatic carboxylic acids is 1. The maximum Gasteiger partial charge on any atom is 0.305 e. The zero-order valence-electron chi connectivity index (χ0n) is 6.84. The third-order valence-corrected chi connectivity index (χ3v) is 1.63. The molecule has 0 aliphatic heterocycles. The van der Waals surface area contributed by atoms with Gasteiger partial charge >= 0.3 is 5.97 Å². The van der Waals surface area contributed by atoms with Crippen molar-refractivity contribution in [1.29, 1.82) is 0 Å². The Balaban J connectivity index is 2.82. The highest BCUT2D eigenvalue weighted by atomic mass is 16.4. The van der Waals surface area contributed by atoms with Crippen molar-refractivity contribution in [3.8, 4) is 5.75 Å². The van der Waals surface area contributed by atoms with Gasteiger partial charge in [-0.05, 0) is 6.07 Å². The summed E-state index contributed by atoms with van der Waals surface area (Å²) >= 11 is 0. The van der Waals surface area contributed by atoms with E-state index in [1.807, 2.05) is 0 Å². The molecular weight excluding hydrogens is 172 g/mol. The van der Waals surface area contributed by atoms with Gasteiger partial charge in [-0.2, -0.15) is 0 Å². The quantitative estimate of drug-likeness (QED) is 0.623. The first-order chi connectivity index (χ1) is 6.11. The number of carbonyl (C=O) groups is 1. The average Bonchev–Trinajstić information content (AvgIpc) is 2.03. The molecule has 0 radical (unpaired) electrons. The second-order valence-electron chi connectivity index (χ2n) is 2.64. The predicted octanol–water partition coefficient (Wildman–Crippen LogP) is 0.262. The molecule has 0 saturated heterocycles. The van der Waals surface area contributed by atoms with Crippen LogP contribution in [0, 0.1) is 0 Å². The number of nitrogens with two attached hydrogens (primary N) is 1. The van der Waals surface area contributed by atoms with Gasteiger partial charge in [0.15, 0.2) is 0 Å². The lowest BCUT2D eigenvalue weighted by Gasteiger charge is -2.09. The first-order valence-electron chi connectivity index (χ1n) is 3.71. The highest BCUT2D eigenvalue weighted by Gasteiger charge is 2.13. The fourth-order valence-corrected chi connectivity index (χ4v) is 1.01. The lowest BCUT2D eigenvalue weighted by Crippen LogP contribution is -2.15. The fraction of sp³-hybridized carbons (Fsp3) is 0.250. The topological polar surface area (TPSA) is 96.4 Å². The Labute approximate surface area is 74.8 Å². The molecule has 1 unspecified atom stereocenters. The molecule has 0 saturated carbocycles. The van der Waals surface area contributed by atoms with Gasteiger partial charge in [-0.15, -0.1) is 0 Å². The maximum absolute atomic E-state index is 10.3. The van der Waals surface area contributed by atoms with Crippen molar-refractivity contribution in [2.45, 2.75) is 12.5 Å². The number of nitrogens with zero attached hydrogens (tertiary/aromatic N) is 1. The highest BCUT2D eigenvalue weighted by Crippen LogP contribution is 2.22. The standard InChI is InChI=1S/C8H10N2O3/c9-6(3-8(12)13)5-1-2-10-4-7(5)11/h1-2,4,6,11H,3,9H2,(H,12,13). The molecule has 1 aromatic heterocycles. The molecule has 0 amide bonds. The Hall–Kier alpha value is -1.62. The molecule has 5 nitrogen and oxygen atoms in total.